The van der Waals surface area contributed by atoms with Crippen molar-refractivity contribution < 1.29 is 9.47 Å². The average molecular weight is 250 g/mol. The van der Waals surface area contributed by atoms with Gasteiger partial charge in [-0.15, -0.1) is 0 Å². The summed E-state index contributed by atoms with van der Waals surface area (Å²) in [6.45, 7) is 2.54. The Balaban J connectivity index is 2.37. The number of aromatic nitrogens is 1. The minimum absolute atomic E-state index is 0.612. The number of nitrogens with zero attached hydrogens (tertiary/aromatic N) is 1. The van der Waals surface area contributed by atoms with Crippen LogP contribution in [0.4, 0.5) is 5.69 Å². The second-order valence-electron chi connectivity index (χ2n) is 3.38. The number of ether oxygens (including phenoxy) is 2. The first kappa shape index (κ1) is 11.7. The number of hydrogen-bond acceptors (Lipinski definition) is 5. The van der Waals surface area contributed by atoms with Crippen molar-refractivity contribution in [3.05, 3.63) is 23.6 Å². The van der Waals surface area contributed by atoms with Crippen LogP contribution in [0, 0.1) is 0 Å². The van der Waals surface area contributed by atoms with Crippen LogP contribution in [0.2, 0.25) is 0 Å². The van der Waals surface area contributed by atoms with E-state index in [9.17, 15) is 0 Å². The van der Waals surface area contributed by atoms with Gasteiger partial charge < -0.3 is 15.2 Å². The largest absolute Gasteiger partial charge is 0.497 e. The normalized spacial score (nSPS) is 10.2. The summed E-state index contributed by atoms with van der Waals surface area (Å²) < 4.78 is 10.5. The molecule has 90 valence electrons. The van der Waals surface area contributed by atoms with E-state index in [1.807, 2.05) is 30.5 Å². The van der Waals surface area contributed by atoms with Crippen molar-refractivity contribution in [2.24, 2.45) is 0 Å². The number of nitrogen functional groups attached to an aromatic ring is 1. The molecule has 0 fully saturated rings. The first-order valence-electron chi connectivity index (χ1n) is 5.26. The van der Waals surface area contributed by atoms with Crippen molar-refractivity contribution >= 4 is 17.0 Å². The summed E-state index contributed by atoms with van der Waals surface area (Å²) in [6.07, 6.45) is 0. The Kier molecular flexibility index (Phi) is 3.49. The molecule has 2 aromatic rings. The van der Waals surface area contributed by atoms with Crippen LogP contribution in [0.5, 0.6) is 10.9 Å². The van der Waals surface area contributed by atoms with E-state index in [1.165, 1.54) is 11.3 Å². The van der Waals surface area contributed by atoms with Gasteiger partial charge in [-0.25, -0.2) is 4.98 Å². The zero-order valence-corrected chi connectivity index (χ0v) is 10.6. The van der Waals surface area contributed by atoms with Crippen LogP contribution in [0.25, 0.3) is 11.3 Å². The summed E-state index contributed by atoms with van der Waals surface area (Å²) in [5, 5.41) is 2.58. The number of benzene rings is 1. The lowest BCUT2D eigenvalue weighted by atomic mass is 10.1. The van der Waals surface area contributed by atoms with Gasteiger partial charge in [0.2, 0.25) is 0 Å². The van der Waals surface area contributed by atoms with E-state index >= 15 is 0 Å². The third-order valence-electron chi connectivity index (χ3n) is 2.29. The van der Waals surface area contributed by atoms with Crippen LogP contribution in [-0.4, -0.2) is 18.7 Å². The van der Waals surface area contributed by atoms with E-state index in [1.54, 1.807) is 7.11 Å². The van der Waals surface area contributed by atoms with Gasteiger partial charge in [-0.1, -0.05) is 11.3 Å². The highest BCUT2D eigenvalue weighted by Gasteiger charge is 2.09. The standard InChI is InChI=1S/C12H14N2O2S/c1-3-16-12-14-11(7-17-12)9-6-8(15-2)4-5-10(9)13/h4-7H,3,13H2,1-2H3. The molecule has 2 rings (SSSR count). The summed E-state index contributed by atoms with van der Waals surface area (Å²) in [4.78, 5) is 4.37. The third-order valence-corrected chi connectivity index (χ3v) is 3.04. The molecule has 0 radical (unpaired) electrons. The van der Waals surface area contributed by atoms with Gasteiger partial charge in [0.05, 0.1) is 19.4 Å². The van der Waals surface area contributed by atoms with Gasteiger partial charge in [-0.05, 0) is 25.1 Å². The van der Waals surface area contributed by atoms with E-state index in [-0.39, 0.29) is 0 Å². The van der Waals surface area contributed by atoms with Gasteiger partial charge in [0.15, 0.2) is 0 Å². The topological polar surface area (TPSA) is 57.4 Å². The Morgan fingerprint density at radius 3 is 2.94 bits per heavy atom. The molecule has 0 spiro atoms. The fraction of sp³-hybridized carbons (Fsp3) is 0.250. The van der Waals surface area contributed by atoms with Gasteiger partial charge in [0, 0.05) is 16.6 Å². The van der Waals surface area contributed by atoms with Crippen LogP contribution in [0.3, 0.4) is 0 Å². The Morgan fingerprint density at radius 2 is 2.24 bits per heavy atom. The molecule has 0 saturated carbocycles. The molecule has 1 aromatic carbocycles. The van der Waals surface area contributed by atoms with Gasteiger partial charge in [0.25, 0.3) is 5.19 Å². The van der Waals surface area contributed by atoms with E-state index in [4.69, 9.17) is 15.2 Å². The highest BCUT2D eigenvalue weighted by Crippen LogP contribution is 2.32. The molecular formula is C12H14N2O2S. The number of thiazole rings is 1. The maximum atomic E-state index is 5.93. The predicted molar refractivity (Wildman–Crippen MR) is 69.7 cm³/mol. The maximum Gasteiger partial charge on any atom is 0.273 e. The van der Waals surface area contributed by atoms with Crippen LogP contribution in [0.1, 0.15) is 6.92 Å². The Hall–Kier alpha value is -1.75. The molecule has 0 aliphatic rings. The second-order valence-corrected chi connectivity index (χ2v) is 4.21. The number of hydrogen-bond donors (Lipinski definition) is 1. The minimum atomic E-state index is 0.612. The molecule has 5 heteroatoms. The molecular weight excluding hydrogens is 236 g/mol. The van der Waals surface area contributed by atoms with E-state index in [0.29, 0.717) is 17.5 Å². The lowest BCUT2D eigenvalue weighted by Crippen LogP contribution is -1.93. The summed E-state index contributed by atoms with van der Waals surface area (Å²) in [5.41, 5.74) is 8.29. The predicted octanol–water partition coefficient (Wildman–Crippen LogP) is 2.80. The van der Waals surface area contributed by atoms with Crippen molar-refractivity contribution in [3.63, 3.8) is 0 Å². The van der Waals surface area contributed by atoms with Gasteiger partial charge >= 0.3 is 0 Å². The maximum absolute atomic E-state index is 5.93. The molecule has 0 amide bonds. The molecule has 2 N–H and O–H groups in total. The van der Waals surface area contributed by atoms with E-state index < -0.39 is 0 Å². The Labute approximate surface area is 104 Å². The van der Waals surface area contributed by atoms with Crippen molar-refractivity contribution in [2.75, 3.05) is 19.5 Å². The zero-order valence-electron chi connectivity index (χ0n) is 9.77. The van der Waals surface area contributed by atoms with Crippen molar-refractivity contribution in [1.29, 1.82) is 0 Å². The average Bonchev–Trinajstić information content (AvgIpc) is 2.79. The lowest BCUT2D eigenvalue weighted by molar-refractivity contribution is 0.338. The summed E-state index contributed by atoms with van der Waals surface area (Å²) in [6, 6.07) is 5.52. The van der Waals surface area contributed by atoms with Crippen molar-refractivity contribution in [1.82, 2.24) is 4.98 Å². The molecule has 1 heterocycles. The zero-order chi connectivity index (χ0) is 12.3. The Morgan fingerprint density at radius 1 is 1.41 bits per heavy atom. The van der Waals surface area contributed by atoms with Crippen LogP contribution >= 0.6 is 11.3 Å². The van der Waals surface area contributed by atoms with E-state index in [2.05, 4.69) is 4.98 Å². The van der Waals surface area contributed by atoms with Crippen LogP contribution in [-0.2, 0) is 0 Å². The summed E-state index contributed by atoms with van der Waals surface area (Å²) in [7, 11) is 1.63. The van der Waals surface area contributed by atoms with E-state index in [0.717, 1.165) is 17.0 Å². The fourth-order valence-corrected chi connectivity index (χ4v) is 2.18. The molecule has 0 aliphatic carbocycles. The SMILES string of the molecule is CCOc1nc(-c2cc(OC)ccc2N)cs1. The first-order valence-corrected chi connectivity index (χ1v) is 6.14. The quantitative estimate of drug-likeness (QED) is 0.848. The van der Waals surface area contributed by atoms with Gasteiger partial charge in [0.1, 0.15) is 5.75 Å². The molecule has 0 aliphatic heterocycles. The fourth-order valence-electron chi connectivity index (χ4n) is 1.45. The summed E-state index contributed by atoms with van der Waals surface area (Å²) in [5.74, 6) is 0.764. The molecule has 0 atom stereocenters. The van der Waals surface area contributed by atoms with Crippen molar-refractivity contribution in [3.8, 4) is 22.2 Å². The molecule has 0 bridgehead atoms. The lowest BCUT2D eigenvalue weighted by Gasteiger charge is -2.05. The van der Waals surface area contributed by atoms with Crippen LogP contribution < -0.4 is 15.2 Å². The van der Waals surface area contributed by atoms with Crippen LogP contribution in [0.15, 0.2) is 23.6 Å². The molecule has 17 heavy (non-hydrogen) atoms. The highest BCUT2D eigenvalue weighted by atomic mass is 32.1. The number of rotatable bonds is 4. The smallest absolute Gasteiger partial charge is 0.273 e. The Bertz CT molecular complexity index is 511. The summed E-state index contributed by atoms with van der Waals surface area (Å²) >= 11 is 1.46. The second kappa shape index (κ2) is 5.05. The molecule has 0 saturated heterocycles. The minimum Gasteiger partial charge on any atom is -0.497 e. The van der Waals surface area contributed by atoms with Gasteiger partial charge in [-0.3, -0.25) is 0 Å². The third kappa shape index (κ3) is 2.50. The van der Waals surface area contributed by atoms with Crippen molar-refractivity contribution in [2.45, 2.75) is 6.92 Å². The number of anilines is 1. The number of methoxy groups -OCH3 is 1. The number of nitrogens with two attached hydrogens (primary N) is 1. The molecule has 1 aromatic heterocycles. The van der Waals surface area contributed by atoms with Gasteiger partial charge in [-0.2, -0.15) is 0 Å². The molecule has 4 nitrogen and oxygen atoms in total. The first-order chi connectivity index (χ1) is 8.24. The highest BCUT2D eigenvalue weighted by molar-refractivity contribution is 7.11. The monoisotopic (exact) mass is 250 g/mol. The molecule has 0 unspecified atom stereocenters.